The molecule has 80 heavy (non-hydrogen) atoms. The minimum absolute atomic E-state index is 0.310. The van der Waals surface area contributed by atoms with Crippen molar-refractivity contribution in [3.63, 3.8) is 0 Å². The third-order valence-corrected chi connectivity index (χ3v) is 17.6. The minimum atomic E-state index is -0.316. The number of aromatic nitrogens is 3. The largest absolute Gasteiger partial charge is 0.309 e. The van der Waals surface area contributed by atoms with E-state index in [4.69, 9.17) is 4.98 Å². The van der Waals surface area contributed by atoms with Crippen molar-refractivity contribution in [2.75, 3.05) is 9.80 Å². The fraction of sp³-hybridized carbons (Fsp3) is 0.0800. The highest BCUT2D eigenvalue weighted by molar-refractivity contribution is 6.12. The number of anilines is 6. The average Bonchev–Trinajstić information content (AvgIpc) is 4.13. The van der Waals surface area contributed by atoms with E-state index in [1.54, 1.807) is 0 Å². The van der Waals surface area contributed by atoms with Gasteiger partial charge in [0.2, 0.25) is 0 Å². The van der Waals surface area contributed by atoms with Crippen molar-refractivity contribution in [1.29, 1.82) is 0 Å². The van der Waals surface area contributed by atoms with Gasteiger partial charge in [-0.3, -0.25) is 4.90 Å². The van der Waals surface area contributed by atoms with Gasteiger partial charge < -0.3 is 14.0 Å². The highest BCUT2D eigenvalue weighted by atomic mass is 15.2. The molecule has 16 rings (SSSR count). The van der Waals surface area contributed by atoms with Crippen LogP contribution in [0.3, 0.4) is 0 Å². The quantitative estimate of drug-likeness (QED) is 0.166. The lowest BCUT2D eigenvalue weighted by atomic mass is 9.72. The molecule has 11 aromatic carbocycles. The monoisotopic (exact) mass is 1030 g/mol. The molecule has 0 radical (unpaired) electrons. The highest BCUT2D eigenvalue weighted by Crippen LogP contribution is 2.57. The molecule has 5 heteroatoms. The molecule has 0 N–H and O–H groups in total. The lowest BCUT2D eigenvalue weighted by Crippen LogP contribution is -2.32. The molecule has 5 heterocycles. The Hall–Kier alpha value is -9.97. The molecule has 0 spiro atoms. The van der Waals surface area contributed by atoms with E-state index in [1.165, 1.54) is 93.8 Å². The van der Waals surface area contributed by atoms with Gasteiger partial charge in [0.25, 0.3) is 0 Å². The van der Waals surface area contributed by atoms with E-state index < -0.39 is 0 Å². The first-order valence-corrected chi connectivity index (χ1v) is 27.9. The van der Waals surface area contributed by atoms with Crippen LogP contribution in [0.25, 0.3) is 88.1 Å². The molecule has 0 saturated heterocycles. The van der Waals surface area contributed by atoms with Gasteiger partial charge in [0.15, 0.2) is 0 Å². The van der Waals surface area contributed by atoms with Crippen molar-refractivity contribution in [2.45, 2.75) is 38.5 Å². The standard InChI is InChI=1S/C75H55N5/c1-74(2)59-28-14-19-33-68(59)79(70-41-37-50(45-61(70)74)48-35-39-66-57(43-48)54-25-12-17-31-64(54)77(66)52-21-7-5-8-22-52)72-47-73(76-63-30-16-11-27-56(63)72)80-69-34-20-15-29-60(69)75(3,4)62-46-51(38-42-71(62)80)49-36-40-67-58(44-49)55-26-13-18-32-65(55)78(67)53-23-9-6-10-24-53/h5-47H,1-4H3. The molecule has 2 aliphatic rings. The summed E-state index contributed by atoms with van der Waals surface area (Å²) in [5.41, 5.74) is 22.9. The number of pyridine rings is 1. The lowest BCUT2D eigenvalue weighted by Gasteiger charge is -2.43. The van der Waals surface area contributed by atoms with Crippen LogP contribution >= 0.6 is 0 Å². The van der Waals surface area contributed by atoms with Gasteiger partial charge in [0.1, 0.15) is 5.82 Å². The molecular formula is C75H55N5. The zero-order valence-corrected chi connectivity index (χ0v) is 45.1. The third-order valence-electron chi connectivity index (χ3n) is 17.6. The van der Waals surface area contributed by atoms with E-state index in [1.807, 2.05) is 0 Å². The summed E-state index contributed by atoms with van der Waals surface area (Å²) in [5, 5.41) is 6.06. The molecule has 0 bridgehead atoms. The molecule has 380 valence electrons. The molecule has 0 fully saturated rings. The fourth-order valence-electron chi connectivity index (χ4n) is 13.7. The predicted molar refractivity (Wildman–Crippen MR) is 335 cm³/mol. The molecule has 3 aromatic heterocycles. The Morgan fingerprint density at radius 1 is 0.275 bits per heavy atom. The fourth-order valence-corrected chi connectivity index (χ4v) is 13.7. The summed E-state index contributed by atoms with van der Waals surface area (Å²) in [6, 6.07) is 96.1. The molecule has 2 aliphatic heterocycles. The molecular weight excluding hydrogens is 971 g/mol. The van der Waals surface area contributed by atoms with E-state index >= 15 is 0 Å². The Morgan fingerprint density at radius 3 is 1.20 bits per heavy atom. The summed E-state index contributed by atoms with van der Waals surface area (Å²) in [7, 11) is 0. The summed E-state index contributed by atoms with van der Waals surface area (Å²) in [4.78, 5) is 10.6. The first kappa shape index (κ1) is 46.2. The maximum atomic E-state index is 5.63. The number of benzene rings is 11. The van der Waals surface area contributed by atoms with E-state index in [0.29, 0.717) is 0 Å². The zero-order chi connectivity index (χ0) is 53.4. The number of hydrogen-bond donors (Lipinski definition) is 0. The van der Waals surface area contributed by atoms with Gasteiger partial charge >= 0.3 is 0 Å². The second-order valence-electron chi connectivity index (χ2n) is 22.8. The number of rotatable bonds is 6. The Morgan fingerprint density at radius 2 is 0.662 bits per heavy atom. The minimum Gasteiger partial charge on any atom is -0.309 e. The van der Waals surface area contributed by atoms with Crippen molar-refractivity contribution in [3.05, 3.63) is 283 Å². The van der Waals surface area contributed by atoms with Crippen molar-refractivity contribution in [2.24, 2.45) is 0 Å². The SMILES string of the molecule is CC1(C)c2ccccc2N(c2cc(N3c4ccccc4C(C)(C)c4cc(-c5ccc6c(c5)c5ccccc5n6-c5ccccc5)ccc43)c3ccccc3n2)c2ccc(-c3ccc4c(c3)c3ccccc3n4-c3ccccc3)cc21. The van der Waals surface area contributed by atoms with Crippen LogP contribution in [-0.4, -0.2) is 14.1 Å². The van der Waals surface area contributed by atoms with Crippen LogP contribution in [0.1, 0.15) is 49.9 Å². The van der Waals surface area contributed by atoms with Crippen LogP contribution in [-0.2, 0) is 10.8 Å². The molecule has 14 aromatic rings. The van der Waals surface area contributed by atoms with Crippen LogP contribution in [0, 0.1) is 0 Å². The van der Waals surface area contributed by atoms with E-state index in [2.05, 4.69) is 307 Å². The van der Waals surface area contributed by atoms with Gasteiger partial charge in [-0.25, -0.2) is 4.98 Å². The molecule has 0 amide bonds. The molecule has 0 atom stereocenters. The van der Waals surface area contributed by atoms with Gasteiger partial charge in [0.05, 0.1) is 56.0 Å². The number of nitrogens with zero attached hydrogens (tertiary/aromatic N) is 5. The Balaban J connectivity index is 0.854. The van der Waals surface area contributed by atoms with E-state index in [0.717, 1.165) is 50.8 Å². The maximum Gasteiger partial charge on any atom is 0.140 e. The lowest BCUT2D eigenvalue weighted by molar-refractivity contribution is 0.631. The van der Waals surface area contributed by atoms with Gasteiger partial charge in [-0.05, 0) is 148 Å². The van der Waals surface area contributed by atoms with E-state index in [9.17, 15) is 0 Å². The van der Waals surface area contributed by atoms with Crippen LogP contribution in [0.4, 0.5) is 34.3 Å². The van der Waals surface area contributed by atoms with Crippen LogP contribution in [0.5, 0.6) is 0 Å². The number of fused-ring (bicyclic) bond motifs is 11. The van der Waals surface area contributed by atoms with E-state index in [-0.39, 0.29) is 10.8 Å². The average molecular weight is 1030 g/mol. The number of para-hydroxylation sites is 7. The van der Waals surface area contributed by atoms with Gasteiger partial charge in [-0.2, -0.15) is 0 Å². The Kier molecular flexibility index (Phi) is 9.96. The molecule has 5 nitrogen and oxygen atoms in total. The highest BCUT2D eigenvalue weighted by Gasteiger charge is 2.40. The van der Waals surface area contributed by atoms with Gasteiger partial charge in [0, 0.05) is 55.2 Å². The summed E-state index contributed by atoms with van der Waals surface area (Å²) in [6.07, 6.45) is 0. The van der Waals surface area contributed by atoms with Crippen LogP contribution in [0.2, 0.25) is 0 Å². The van der Waals surface area contributed by atoms with Gasteiger partial charge in [-0.1, -0.05) is 179 Å². The van der Waals surface area contributed by atoms with Crippen molar-refractivity contribution < 1.29 is 0 Å². The molecule has 0 aliphatic carbocycles. The number of hydrogen-bond acceptors (Lipinski definition) is 3. The third kappa shape index (κ3) is 6.74. The first-order chi connectivity index (χ1) is 39.2. The Bertz CT molecular complexity index is 4850. The van der Waals surface area contributed by atoms with Crippen LogP contribution < -0.4 is 9.80 Å². The smallest absolute Gasteiger partial charge is 0.140 e. The van der Waals surface area contributed by atoms with Crippen LogP contribution in [0.15, 0.2) is 261 Å². The first-order valence-electron chi connectivity index (χ1n) is 27.9. The second-order valence-corrected chi connectivity index (χ2v) is 22.8. The maximum absolute atomic E-state index is 5.63. The van der Waals surface area contributed by atoms with Gasteiger partial charge in [-0.15, -0.1) is 0 Å². The summed E-state index contributed by atoms with van der Waals surface area (Å²) in [6.45, 7) is 9.52. The summed E-state index contributed by atoms with van der Waals surface area (Å²) >= 11 is 0. The van der Waals surface area contributed by atoms with Crippen molar-refractivity contribution in [3.8, 4) is 33.6 Å². The zero-order valence-electron chi connectivity index (χ0n) is 45.1. The summed E-state index contributed by atoms with van der Waals surface area (Å²) in [5.74, 6) is 0.870. The normalized spacial score (nSPS) is 14.2. The molecule has 0 saturated carbocycles. The topological polar surface area (TPSA) is 29.2 Å². The van der Waals surface area contributed by atoms with Crippen molar-refractivity contribution >= 4 is 88.8 Å². The predicted octanol–water partition coefficient (Wildman–Crippen LogP) is 20.0. The summed E-state index contributed by atoms with van der Waals surface area (Å²) < 4.78 is 4.77. The molecule has 0 unspecified atom stereocenters. The van der Waals surface area contributed by atoms with Crippen molar-refractivity contribution in [1.82, 2.24) is 14.1 Å². The second kappa shape index (κ2) is 17.3. The Labute approximate surface area is 465 Å².